The Kier molecular flexibility index (Phi) is 6.08. The molecule has 0 saturated heterocycles. The Morgan fingerprint density at radius 2 is 1.73 bits per heavy atom. The van der Waals surface area contributed by atoms with Crippen LogP contribution in [-0.4, -0.2) is 26.0 Å². The number of aryl methyl sites for hydroxylation is 2. The highest BCUT2D eigenvalue weighted by Gasteiger charge is 2.14. The summed E-state index contributed by atoms with van der Waals surface area (Å²) in [5, 5.41) is 9.88. The zero-order valence-corrected chi connectivity index (χ0v) is 18.8. The second-order valence-electron chi connectivity index (χ2n) is 8.05. The first kappa shape index (κ1) is 22.0. The van der Waals surface area contributed by atoms with Crippen LogP contribution >= 0.6 is 0 Å². The van der Waals surface area contributed by atoms with Gasteiger partial charge in [-0.25, -0.2) is 13.9 Å². The Morgan fingerprint density at radius 1 is 0.970 bits per heavy atom. The van der Waals surface area contributed by atoms with Crippen molar-refractivity contribution in [3.63, 3.8) is 0 Å². The fraction of sp³-hybridized carbons (Fsp3) is 0.200. The van der Waals surface area contributed by atoms with Gasteiger partial charge in [0.25, 0.3) is 5.91 Å². The molecule has 4 aromatic rings. The average Bonchev–Trinajstić information content (AvgIpc) is 3.10. The Morgan fingerprint density at radius 3 is 2.48 bits per heavy atom. The molecule has 0 fully saturated rings. The fourth-order valence-electron chi connectivity index (χ4n) is 3.46. The molecule has 0 atom stereocenters. The number of fused-ring (bicyclic) bond motifs is 1. The van der Waals surface area contributed by atoms with E-state index in [-0.39, 0.29) is 18.4 Å². The zero-order valence-electron chi connectivity index (χ0n) is 18.8. The first-order valence-electron chi connectivity index (χ1n) is 10.6. The van der Waals surface area contributed by atoms with Gasteiger partial charge >= 0.3 is 5.69 Å². The summed E-state index contributed by atoms with van der Waals surface area (Å²) in [5.74, 6) is -0.657. The minimum absolute atomic E-state index is 0.233. The number of pyridine rings is 1. The minimum Gasteiger partial charge on any atom is -0.348 e. The zero-order chi connectivity index (χ0) is 23.5. The van der Waals surface area contributed by atoms with Gasteiger partial charge in [-0.1, -0.05) is 42.0 Å². The quantitative estimate of drug-likeness (QED) is 0.479. The van der Waals surface area contributed by atoms with Crippen LogP contribution in [0.4, 0.5) is 5.69 Å². The molecule has 0 aliphatic carbocycles. The van der Waals surface area contributed by atoms with E-state index in [0.29, 0.717) is 23.4 Å². The van der Waals surface area contributed by atoms with Crippen molar-refractivity contribution >= 4 is 23.1 Å². The van der Waals surface area contributed by atoms with Gasteiger partial charge in [-0.3, -0.25) is 9.59 Å². The van der Waals surface area contributed by atoms with Crippen molar-refractivity contribution in [2.75, 3.05) is 5.32 Å². The van der Waals surface area contributed by atoms with Gasteiger partial charge in [0.2, 0.25) is 5.91 Å². The monoisotopic (exact) mass is 443 g/mol. The highest BCUT2D eigenvalue weighted by molar-refractivity contribution is 5.94. The molecule has 0 aliphatic rings. The van der Waals surface area contributed by atoms with Gasteiger partial charge in [0.05, 0.1) is 5.56 Å². The van der Waals surface area contributed by atoms with Crippen molar-refractivity contribution in [1.29, 1.82) is 0 Å². The number of carbonyl (C=O) groups is 2. The summed E-state index contributed by atoms with van der Waals surface area (Å²) in [7, 11) is 0. The molecular weight excluding hydrogens is 418 g/mol. The van der Waals surface area contributed by atoms with Gasteiger partial charge < -0.3 is 10.6 Å². The molecule has 33 heavy (non-hydrogen) atoms. The van der Waals surface area contributed by atoms with E-state index in [2.05, 4.69) is 15.7 Å². The van der Waals surface area contributed by atoms with Crippen LogP contribution in [0.1, 0.15) is 32.6 Å². The van der Waals surface area contributed by atoms with Gasteiger partial charge in [-0.2, -0.15) is 0 Å². The highest BCUT2D eigenvalue weighted by atomic mass is 16.2. The second-order valence-corrected chi connectivity index (χ2v) is 8.05. The maximum Gasteiger partial charge on any atom is 0.350 e. The van der Waals surface area contributed by atoms with Crippen molar-refractivity contribution in [2.45, 2.75) is 33.9 Å². The standard InChI is InChI=1S/C25H25N5O3/c1-16-7-9-19(10-8-16)13-26-24(32)20-11-12-22-28-30(25(33)29(22)14-20)15-23(31)27-21-6-4-5-17(2)18(21)3/h4-12,14H,13,15H2,1-3H3,(H,26,32)(H,27,31). The van der Waals surface area contributed by atoms with E-state index in [0.717, 1.165) is 26.9 Å². The summed E-state index contributed by atoms with van der Waals surface area (Å²) < 4.78 is 2.36. The smallest absolute Gasteiger partial charge is 0.348 e. The van der Waals surface area contributed by atoms with Crippen molar-refractivity contribution in [3.8, 4) is 0 Å². The number of carbonyl (C=O) groups excluding carboxylic acids is 2. The summed E-state index contributed by atoms with van der Waals surface area (Å²) in [4.78, 5) is 37.9. The van der Waals surface area contributed by atoms with Crippen LogP contribution in [0.3, 0.4) is 0 Å². The largest absolute Gasteiger partial charge is 0.350 e. The molecule has 168 valence electrons. The summed E-state index contributed by atoms with van der Waals surface area (Å²) in [5.41, 5.74) is 5.05. The van der Waals surface area contributed by atoms with E-state index in [9.17, 15) is 14.4 Å². The number of rotatable bonds is 6. The molecule has 2 N–H and O–H groups in total. The maximum absolute atomic E-state index is 12.8. The van der Waals surface area contributed by atoms with E-state index in [1.54, 1.807) is 12.1 Å². The molecule has 2 amide bonds. The van der Waals surface area contributed by atoms with Crippen LogP contribution in [0.5, 0.6) is 0 Å². The second kappa shape index (κ2) is 9.12. The Labute approximate surface area is 190 Å². The van der Waals surface area contributed by atoms with E-state index in [1.807, 2.05) is 63.2 Å². The molecule has 0 unspecified atom stereocenters. The van der Waals surface area contributed by atoms with Crippen molar-refractivity contribution in [2.24, 2.45) is 0 Å². The third-order valence-electron chi connectivity index (χ3n) is 5.58. The molecule has 0 radical (unpaired) electrons. The van der Waals surface area contributed by atoms with E-state index in [4.69, 9.17) is 0 Å². The topological polar surface area (TPSA) is 97.5 Å². The fourth-order valence-corrected chi connectivity index (χ4v) is 3.46. The summed E-state index contributed by atoms with van der Waals surface area (Å²) in [6, 6.07) is 16.7. The molecule has 8 nitrogen and oxygen atoms in total. The van der Waals surface area contributed by atoms with Crippen molar-refractivity contribution in [1.82, 2.24) is 19.5 Å². The van der Waals surface area contributed by atoms with E-state index < -0.39 is 5.69 Å². The lowest BCUT2D eigenvalue weighted by molar-refractivity contribution is -0.117. The first-order valence-corrected chi connectivity index (χ1v) is 10.6. The normalized spacial score (nSPS) is 10.9. The Balaban J connectivity index is 1.47. The minimum atomic E-state index is -0.491. The molecular formula is C25H25N5O3. The maximum atomic E-state index is 12.8. The predicted octanol–water partition coefficient (Wildman–Crippen LogP) is 2.99. The number of hydrogen-bond acceptors (Lipinski definition) is 4. The lowest BCUT2D eigenvalue weighted by atomic mass is 10.1. The van der Waals surface area contributed by atoms with Gasteiger partial charge in [0, 0.05) is 18.4 Å². The van der Waals surface area contributed by atoms with Gasteiger partial charge in [0.15, 0.2) is 5.65 Å². The van der Waals surface area contributed by atoms with Crippen molar-refractivity contribution in [3.05, 3.63) is 99.1 Å². The summed E-state index contributed by atoms with van der Waals surface area (Å²) in [6.07, 6.45) is 1.44. The molecule has 0 spiro atoms. The Bertz CT molecular complexity index is 1400. The lowest BCUT2D eigenvalue weighted by Crippen LogP contribution is -2.29. The van der Waals surface area contributed by atoms with Gasteiger partial charge in [-0.15, -0.1) is 5.10 Å². The number of anilines is 1. The predicted molar refractivity (Wildman–Crippen MR) is 126 cm³/mol. The number of nitrogens with zero attached hydrogens (tertiary/aromatic N) is 3. The van der Waals surface area contributed by atoms with Crippen molar-refractivity contribution < 1.29 is 9.59 Å². The number of nitrogens with one attached hydrogen (secondary N) is 2. The van der Waals surface area contributed by atoms with E-state index in [1.165, 1.54) is 10.6 Å². The molecule has 2 aromatic heterocycles. The van der Waals surface area contributed by atoms with Crippen LogP contribution in [0, 0.1) is 20.8 Å². The first-order chi connectivity index (χ1) is 15.8. The average molecular weight is 444 g/mol. The number of amides is 2. The van der Waals surface area contributed by atoms with Gasteiger partial charge in [0.1, 0.15) is 6.54 Å². The van der Waals surface area contributed by atoms with Crippen LogP contribution in [-0.2, 0) is 17.9 Å². The molecule has 0 bridgehead atoms. The SMILES string of the molecule is Cc1ccc(CNC(=O)c2ccc3nn(CC(=O)Nc4cccc(C)c4C)c(=O)n3c2)cc1. The Hall–Kier alpha value is -4.20. The van der Waals surface area contributed by atoms with Crippen LogP contribution in [0.25, 0.3) is 5.65 Å². The lowest BCUT2D eigenvalue weighted by Gasteiger charge is -2.09. The molecule has 4 rings (SSSR count). The molecule has 2 heterocycles. The molecule has 0 saturated carbocycles. The molecule has 2 aromatic carbocycles. The highest BCUT2D eigenvalue weighted by Crippen LogP contribution is 2.17. The van der Waals surface area contributed by atoms with Crippen LogP contribution in [0.2, 0.25) is 0 Å². The summed E-state index contributed by atoms with van der Waals surface area (Å²) in [6.45, 7) is 6.04. The number of aromatic nitrogens is 3. The van der Waals surface area contributed by atoms with Crippen LogP contribution in [0.15, 0.2) is 65.6 Å². The van der Waals surface area contributed by atoms with E-state index >= 15 is 0 Å². The number of hydrogen-bond donors (Lipinski definition) is 2. The third kappa shape index (κ3) is 4.85. The van der Waals surface area contributed by atoms with Gasteiger partial charge in [-0.05, 0) is 55.7 Å². The number of benzene rings is 2. The third-order valence-corrected chi connectivity index (χ3v) is 5.58. The molecule has 0 aliphatic heterocycles. The molecule has 8 heteroatoms. The van der Waals surface area contributed by atoms with Crippen LogP contribution < -0.4 is 16.3 Å². The summed E-state index contributed by atoms with van der Waals surface area (Å²) >= 11 is 0.